The number of nitro benzene ring substituents is 1. The summed E-state index contributed by atoms with van der Waals surface area (Å²) in [6, 6.07) is 7.84. The monoisotopic (exact) mass is 338 g/mol. The highest BCUT2D eigenvalue weighted by Gasteiger charge is 2.15. The third-order valence-electron chi connectivity index (χ3n) is 2.64. The van der Waals surface area contributed by atoms with E-state index in [9.17, 15) is 14.9 Å². The van der Waals surface area contributed by atoms with E-state index in [1.165, 1.54) is 18.2 Å². The van der Waals surface area contributed by atoms with Crippen LogP contribution in [-0.2, 0) is 6.42 Å². The van der Waals surface area contributed by atoms with Gasteiger partial charge in [-0.15, -0.1) is 0 Å². The number of nitrogens with one attached hydrogen (secondary N) is 1. The zero-order valence-electron chi connectivity index (χ0n) is 10.3. The lowest BCUT2D eigenvalue weighted by molar-refractivity contribution is -0.385. The molecule has 1 amide bonds. The first-order valence-corrected chi connectivity index (χ1v) is 6.62. The maximum absolute atomic E-state index is 11.9. The van der Waals surface area contributed by atoms with Crippen molar-refractivity contribution < 1.29 is 14.1 Å². The molecule has 0 atom stereocenters. The second-order valence-electron chi connectivity index (χ2n) is 4.01. The molecule has 20 heavy (non-hydrogen) atoms. The Morgan fingerprint density at radius 1 is 1.40 bits per heavy atom. The van der Waals surface area contributed by atoms with Crippen LogP contribution in [0, 0.1) is 10.1 Å². The number of benzene rings is 1. The minimum absolute atomic E-state index is 0.135. The number of rotatable bonds is 5. The van der Waals surface area contributed by atoms with Crippen LogP contribution in [0.5, 0.6) is 0 Å². The third kappa shape index (κ3) is 3.45. The Hall–Kier alpha value is -2.15. The lowest BCUT2D eigenvalue weighted by Gasteiger charge is -2.04. The molecule has 0 aliphatic rings. The third-order valence-corrected chi connectivity index (χ3v) is 3.31. The summed E-state index contributed by atoms with van der Waals surface area (Å²) >= 11 is 3.07. The first-order valence-electron chi connectivity index (χ1n) is 5.82. The van der Waals surface area contributed by atoms with E-state index in [1.54, 1.807) is 12.3 Å². The topological polar surface area (TPSA) is 85.4 Å². The Labute approximate surface area is 123 Å². The number of amides is 1. The first kappa shape index (κ1) is 14.3. The van der Waals surface area contributed by atoms with Gasteiger partial charge in [0.2, 0.25) is 0 Å². The summed E-state index contributed by atoms with van der Waals surface area (Å²) in [4.78, 5) is 22.1. The molecule has 1 N–H and O–H groups in total. The predicted octanol–water partition coefficient (Wildman–Crippen LogP) is 2.92. The molecule has 0 aliphatic heterocycles. The normalized spacial score (nSPS) is 10.2. The van der Waals surface area contributed by atoms with Gasteiger partial charge in [0, 0.05) is 24.6 Å². The molecule has 2 aromatic rings. The Bertz CT molecular complexity index is 625. The zero-order chi connectivity index (χ0) is 14.5. The van der Waals surface area contributed by atoms with E-state index in [2.05, 4.69) is 21.2 Å². The van der Waals surface area contributed by atoms with Gasteiger partial charge < -0.3 is 9.73 Å². The Morgan fingerprint density at radius 2 is 2.20 bits per heavy atom. The van der Waals surface area contributed by atoms with Crippen LogP contribution in [0.1, 0.15) is 16.1 Å². The van der Waals surface area contributed by atoms with E-state index in [0.717, 1.165) is 5.76 Å². The molecule has 7 heteroatoms. The molecule has 1 aromatic carbocycles. The Kier molecular flexibility index (Phi) is 4.52. The van der Waals surface area contributed by atoms with Gasteiger partial charge in [-0.2, -0.15) is 0 Å². The maximum Gasteiger partial charge on any atom is 0.284 e. The molecule has 0 spiro atoms. The quantitative estimate of drug-likeness (QED) is 0.670. The summed E-state index contributed by atoms with van der Waals surface area (Å²) in [5, 5.41) is 13.5. The van der Waals surface area contributed by atoms with Gasteiger partial charge in [0.05, 0.1) is 15.7 Å². The van der Waals surface area contributed by atoms with E-state index < -0.39 is 4.92 Å². The van der Waals surface area contributed by atoms with Crippen molar-refractivity contribution in [3.8, 4) is 0 Å². The molecule has 6 nitrogen and oxygen atoms in total. The van der Waals surface area contributed by atoms with Crippen molar-refractivity contribution in [2.45, 2.75) is 6.42 Å². The van der Waals surface area contributed by atoms with Crippen molar-refractivity contribution in [3.63, 3.8) is 0 Å². The standard InChI is InChI=1S/C13H11BrN2O4/c14-11-4-3-9(8-12(11)16(18)19)13(17)15-6-5-10-2-1-7-20-10/h1-4,7-8H,5-6H2,(H,15,17). The van der Waals surface area contributed by atoms with Gasteiger partial charge in [-0.1, -0.05) is 0 Å². The smallest absolute Gasteiger partial charge is 0.284 e. The molecular formula is C13H11BrN2O4. The second-order valence-corrected chi connectivity index (χ2v) is 4.86. The van der Waals surface area contributed by atoms with Crippen LogP contribution < -0.4 is 5.32 Å². The molecule has 2 rings (SSSR count). The molecule has 0 aliphatic carbocycles. The van der Waals surface area contributed by atoms with Crippen molar-refractivity contribution >= 4 is 27.5 Å². The zero-order valence-corrected chi connectivity index (χ0v) is 11.9. The number of nitro groups is 1. The molecule has 104 valence electrons. The van der Waals surface area contributed by atoms with Gasteiger partial charge in [-0.05, 0) is 40.2 Å². The number of halogens is 1. The fourth-order valence-electron chi connectivity index (χ4n) is 1.65. The van der Waals surface area contributed by atoms with Gasteiger partial charge in [-0.3, -0.25) is 14.9 Å². The molecule has 0 unspecified atom stereocenters. The Morgan fingerprint density at radius 3 is 2.85 bits per heavy atom. The summed E-state index contributed by atoms with van der Waals surface area (Å²) in [5.74, 6) is 0.416. The van der Waals surface area contributed by atoms with Crippen LogP contribution in [-0.4, -0.2) is 17.4 Å². The predicted molar refractivity (Wildman–Crippen MR) is 75.5 cm³/mol. The van der Waals surface area contributed by atoms with Gasteiger partial charge >= 0.3 is 0 Å². The fourth-order valence-corrected chi connectivity index (χ4v) is 2.04. The molecule has 0 bridgehead atoms. The van der Waals surface area contributed by atoms with Crippen molar-refractivity contribution in [3.05, 3.63) is 62.5 Å². The highest BCUT2D eigenvalue weighted by Crippen LogP contribution is 2.25. The van der Waals surface area contributed by atoms with Crippen molar-refractivity contribution in [1.82, 2.24) is 5.32 Å². The van der Waals surface area contributed by atoms with E-state index in [1.807, 2.05) is 6.07 Å². The highest BCUT2D eigenvalue weighted by atomic mass is 79.9. The van der Waals surface area contributed by atoms with Crippen LogP contribution in [0.2, 0.25) is 0 Å². The van der Waals surface area contributed by atoms with E-state index in [4.69, 9.17) is 4.42 Å². The summed E-state index contributed by atoms with van der Waals surface area (Å²) in [6.45, 7) is 0.399. The van der Waals surface area contributed by atoms with Gasteiger partial charge in [-0.25, -0.2) is 0 Å². The largest absolute Gasteiger partial charge is 0.469 e. The molecule has 1 heterocycles. The molecule has 0 saturated heterocycles. The first-order chi connectivity index (χ1) is 9.58. The van der Waals surface area contributed by atoms with Crippen LogP contribution in [0.15, 0.2) is 45.5 Å². The molecule has 1 aromatic heterocycles. The molecule has 0 saturated carbocycles. The minimum Gasteiger partial charge on any atom is -0.469 e. The van der Waals surface area contributed by atoms with Crippen LogP contribution in [0.25, 0.3) is 0 Å². The SMILES string of the molecule is O=C(NCCc1ccco1)c1ccc(Br)c([N+](=O)[O-])c1. The summed E-state index contributed by atoms with van der Waals surface area (Å²) < 4.78 is 5.48. The maximum atomic E-state index is 11.9. The lowest BCUT2D eigenvalue weighted by Crippen LogP contribution is -2.25. The van der Waals surface area contributed by atoms with E-state index in [0.29, 0.717) is 17.4 Å². The number of carbonyl (C=O) groups excluding carboxylic acids is 1. The van der Waals surface area contributed by atoms with Gasteiger partial charge in [0.15, 0.2) is 0 Å². The minimum atomic E-state index is -0.538. The number of nitrogens with zero attached hydrogens (tertiary/aromatic N) is 1. The van der Waals surface area contributed by atoms with E-state index >= 15 is 0 Å². The number of hydrogen-bond acceptors (Lipinski definition) is 4. The lowest BCUT2D eigenvalue weighted by atomic mass is 10.2. The number of carbonyl (C=O) groups is 1. The molecule has 0 fully saturated rings. The number of furan rings is 1. The summed E-state index contributed by atoms with van der Waals surface area (Å²) in [6.07, 6.45) is 2.13. The Balaban J connectivity index is 1.98. The van der Waals surface area contributed by atoms with Gasteiger partial charge in [0.25, 0.3) is 11.6 Å². The van der Waals surface area contributed by atoms with Crippen LogP contribution >= 0.6 is 15.9 Å². The second kappa shape index (κ2) is 6.33. The molecule has 0 radical (unpaired) electrons. The number of hydrogen-bond donors (Lipinski definition) is 1. The highest BCUT2D eigenvalue weighted by molar-refractivity contribution is 9.10. The summed E-state index contributed by atoms with van der Waals surface area (Å²) in [5.41, 5.74) is 0.114. The average molecular weight is 339 g/mol. The van der Waals surface area contributed by atoms with Crippen molar-refractivity contribution in [2.24, 2.45) is 0 Å². The van der Waals surface area contributed by atoms with Crippen molar-refractivity contribution in [2.75, 3.05) is 6.54 Å². The van der Waals surface area contributed by atoms with Crippen molar-refractivity contribution in [1.29, 1.82) is 0 Å². The summed E-state index contributed by atoms with van der Waals surface area (Å²) in [7, 11) is 0. The van der Waals surface area contributed by atoms with Crippen LogP contribution in [0.3, 0.4) is 0 Å². The van der Waals surface area contributed by atoms with Gasteiger partial charge in [0.1, 0.15) is 5.76 Å². The fraction of sp³-hybridized carbons (Fsp3) is 0.154. The van der Waals surface area contributed by atoms with E-state index in [-0.39, 0.29) is 17.2 Å². The van der Waals surface area contributed by atoms with Crippen LogP contribution in [0.4, 0.5) is 5.69 Å². The molecular weight excluding hydrogens is 328 g/mol. The average Bonchev–Trinajstić information content (AvgIpc) is 2.92.